The topological polar surface area (TPSA) is 8.17 Å². The average Bonchev–Trinajstić information content (AvgIpc) is 2.90. The summed E-state index contributed by atoms with van der Waals surface area (Å²) in [5.41, 5.74) is 5.15. The Hall–Kier alpha value is -2.74. The van der Waals surface area contributed by atoms with E-state index in [1.165, 1.54) is 33.1 Å². The van der Waals surface area contributed by atoms with E-state index < -0.39 is 0 Å². The first kappa shape index (κ1) is 13.9. The van der Waals surface area contributed by atoms with Crippen molar-refractivity contribution in [3.63, 3.8) is 0 Å². The first-order valence-electron chi connectivity index (χ1n) is 7.96. The van der Waals surface area contributed by atoms with Crippen LogP contribution in [0.15, 0.2) is 72.8 Å². The molecule has 0 amide bonds. The predicted octanol–water partition coefficient (Wildman–Crippen LogP) is 4.91. The van der Waals surface area contributed by atoms with Gasteiger partial charge in [-0.1, -0.05) is 48.5 Å². The summed E-state index contributed by atoms with van der Waals surface area (Å²) in [6.07, 6.45) is 0. The first-order chi connectivity index (χ1) is 11.2. The SMILES string of the molecule is CN(C)c1ccc(Cn2c3ccccc3c3ccccc32)cc1. The number of fused-ring (bicyclic) bond motifs is 3. The summed E-state index contributed by atoms with van der Waals surface area (Å²) in [7, 11) is 4.14. The molecule has 1 aromatic heterocycles. The van der Waals surface area contributed by atoms with Crippen LogP contribution in [-0.2, 0) is 6.54 Å². The van der Waals surface area contributed by atoms with E-state index >= 15 is 0 Å². The van der Waals surface area contributed by atoms with Gasteiger partial charge in [-0.2, -0.15) is 0 Å². The van der Waals surface area contributed by atoms with Gasteiger partial charge in [-0.05, 0) is 29.8 Å². The molecular weight excluding hydrogens is 280 g/mol. The molecule has 4 rings (SSSR count). The molecule has 0 bridgehead atoms. The van der Waals surface area contributed by atoms with Crippen molar-refractivity contribution in [2.24, 2.45) is 0 Å². The second kappa shape index (κ2) is 5.47. The van der Waals surface area contributed by atoms with Crippen LogP contribution in [0.25, 0.3) is 21.8 Å². The Morgan fingerprint density at radius 1 is 0.696 bits per heavy atom. The summed E-state index contributed by atoms with van der Waals surface area (Å²) < 4.78 is 2.41. The molecule has 0 saturated heterocycles. The van der Waals surface area contributed by atoms with E-state index in [1.54, 1.807) is 0 Å². The quantitative estimate of drug-likeness (QED) is 0.522. The van der Waals surface area contributed by atoms with Crippen molar-refractivity contribution in [1.82, 2.24) is 4.57 Å². The van der Waals surface area contributed by atoms with Crippen LogP contribution in [-0.4, -0.2) is 18.7 Å². The molecule has 0 N–H and O–H groups in total. The molecule has 1 heterocycles. The van der Waals surface area contributed by atoms with Gasteiger partial charge in [0.15, 0.2) is 0 Å². The highest BCUT2D eigenvalue weighted by Gasteiger charge is 2.09. The molecule has 4 aromatic rings. The Labute approximate surface area is 136 Å². The molecule has 2 heteroatoms. The second-order valence-electron chi connectivity index (χ2n) is 6.18. The predicted molar refractivity (Wildman–Crippen MR) is 99.3 cm³/mol. The monoisotopic (exact) mass is 300 g/mol. The van der Waals surface area contributed by atoms with E-state index in [0.29, 0.717) is 0 Å². The lowest BCUT2D eigenvalue weighted by atomic mass is 10.2. The highest BCUT2D eigenvalue weighted by Crippen LogP contribution is 2.29. The van der Waals surface area contributed by atoms with Crippen molar-refractivity contribution in [2.75, 3.05) is 19.0 Å². The van der Waals surface area contributed by atoms with Gasteiger partial charge in [0.25, 0.3) is 0 Å². The molecule has 0 unspecified atom stereocenters. The molecule has 0 fully saturated rings. The fourth-order valence-electron chi connectivity index (χ4n) is 3.26. The van der Waals surface area contributed by atoms with Gasteiger partial charge in [0.2, 0.25) is 0 Å². The lowest BCUT2D eigenvalue weighted by molar-refractivity contribution is 0.868. The van der Waals surface area contributed by atoms with Gasteiger partial charge < -0.3 is 9.47 Å². The summed E-state index contributed by atoms with van der Waals surface area (Å²) in [5, 5.41) is 2.65. The van der Waals surface area contributed by atoms with Crippen molar-refractivity contribution in [1.29, 1.82) is 0 Å². The van der Waals surface area contributed by atoms with E-state index in [9.17, 15) is 0 Å². The van der Waals surface area contributed by atoms with E-state index in [0.717, 1.165) is 6.54 Å². The molecule has 0 spiro atoms. The minimum atomic E-state index is 0.891. The third-order valence-corrected chi connectivity index (χ3v) is 4.47. The third kappa shape index (κ3) is 2.36. The number of benzene rings is 3. The van der Waals surface area contributed by atoms with Crippen LogP contribution in [0.4, 0.5) is 5.69 Å². The smallest absolute Gasteiger partial charge is 0.0494 e. The fraction of sp³-hybridized carbons (Fsp3) is 0.143. The van der Waals surface area contributed by atoms with E-state index in [1.807, 2.05) is 0 Å². The van der Waals surface area contributed by atoms with Crippen LogP contribution in [0.3, 0.4) is 0 Å². The van der Waals surface area contributed by atoms with Gasteiger partial charge in [0.05, 0.1) is 0 Å². The number of rotatable bonds is 3. The molecule has 0 radical (unpaired) electrons. The van der Waals surface area contributed by atoms with Crippen LogP contribution >= 0.6 is 0 Å². The van der Waals surface area contributed by atoms with Gasteiger partial charge in [0.1, 0.15) is 0 Å². The number of para-hydroxylation sites is 2. The Morgan fingerprint density at radius 2 is 1.22 bits per heavy atom. The minimum absolute atomic E-state index is 0.891. The highest BCUT2D eigenvalue weighted by atomic mass is 15.1. The van der Waals surface area contributed by atoms with Crippen LogP contribution in [0.5, 0.6) is 0 Å². The van der Waals surface area contributed by atoms with Crippen LogP contribution in [0.2, 0.25) is 0 Å². The van der Waals surface area contributed by atoms with Crippen molar-refractivity contribution in [2.45, 2.75) is 6.54 Å². The molecule has 2 nitrogen and oxygen atoms in total. The molecule has 0 aliphatic rings. The molecule has 0 aliphatic heterocycles. The van der Waals surface area contributed by atoms with Crippen LogP contribution in [0, 0.1) is 0 Å². The van der Waals surface area contributed by atoms with Gasteiger partial charge in [-0.3, -0.25) is 0 Å². The number of hydrogen-bond donors (Lipinski definition) is 0. The highest BCUT2D eigenvalue weighted by molar-refractivity contribution is 6.08. The molecule has 0 saturated carbocycles. The van der Waals surface area contributed by atoms with Crippen molar-refractivity contribution in [3.8, 4) is 0 Å². The average molecular weight is 300 g/mol. The normalized spacial score (nSPS) is 11.2. The lowest BCUT2D eigenvalue weighted by Gasteiger charge is -2.13. The number of anilines is 1. The second-order valence-corrected chi connectivity index (χ2v) is 6.18. The largest absolute Gasteiger partial charge is 0.378 e. The van der Waals surface area contributed by atoms with Crippen LogP contribution < -0.4 is 4.90 Å². The van der Waals surface area contributed by atoms with Crippen LogP contribution in [0.1, 0.15) is 5.56 Å². The molecule has 0 atom stereocenters. The third-order valence-electron chi connectivity index (χ3n) is 4.47. The minimum Gasteiger partial charge on any atom is -0.378 e. The van der Waals surface area contributed by atoms with Gasteiger partial charge in [0, 0.05) is 48.1 Å². The Kier molecular flexibility index (Phi) is 3.30. The maximum Gasteiger partial charge on any atom is 0.0494 e. The van der Waals surface area contributed by atoms with Gasteiger partial charge in [-0.15, -0.1) is 0 Å². The number of nitrogens with zero attached hydrogens (tertiary/aromatic N) is 2. The zero-order valence-corrected chi connectivity index (χ0v) is 13.5. The number of aromatic nitrogens is 1. The molecular formula is C21H20N2. The molecule has 3 aromatic carbocycles. The molecule has 23 heavy (non-hydrogen) atoms. The molecule has 114 valence electrons. The number of hydrogen-bond acceptors (Lipinski definition) is 1. The summed E-state index contributed by atoms with van der Waals surface area (Å²) in [5.74, 6) is 0. The zero-order chi connectivity index (χ0) is 15.8. The first-order valence-corrected chi connectivity index (χ1v) is 7.96. The van der Waals surface area contributed by atoms with Crippen molar-refractivity contribution in [3.05, 3.63) is 78.4 Å². The van der Waals surface area contributed by atoms with E-state index in [4.69, 9.17) is 0 Å². The summed E-state index contributed by atoms with van der Waals surface area (Å²) in [6.45, 7) is 0.891. The fourth-order valence-corrected chi connectivity index (χ4v) is 3.26. The lowest BCUT2D eigenvalue weighted by Crippen LogP contribution is -2.08. The Morgan fingerprint density at radius 3 is 1.74 bits per heavy atom. The zero-order valence-electron chi connectivity index (χ0n) is 13.5. The summed E-state index contributed by atoms with van der Waals surface area (Å²) >= 11 is 0. The maximum absolute atomic E-state index is 2.41. The van der Waals surface area contributed by atoms with Gasteiger partial charge in [-0.25, -0.2) is 0 Å². The standard InChI is InChI=1S/C21H20N2/c1-22(2)17-13-11-16(12-14-17)15-23-20-9-5-3-7-18(20)19-8-4-6-10-21(19)23/h3-14H,15H2,1-2H3. The Balaban J connectivity index is 1.84. The van der Waals surface area contributed by atoms with E-state index in [2.05, 4.69) is 96.4 Å². The summed E-state index contributed by atoms with van der Waals surface area (Å²) in [6, 6.07) is 26.1. The van der Waals surface area contributed by atoms with Crippen molar-refractivity contribution >= 4 is 27.5 Å². The van der Waals surface area contributed by atoms with Crippen molar-refractivity contribution < 1.29 is 0 Å². The maximum atomic E-state index is 2.41. The van der Waals surface area contributed by atoms with E-state index in [-0.39, 0.29) is 0 Å². The summed E-state index contributed by atoms with van der Waals surface area (Å²) in [4.78, 5) is 2.13. The van der Waals surface area contributed by atoms with Gasteiger partial charge >= 0.3 is 0 Å². The molecule has 0 aliphatic carbocycles. The Bertz CT molecular complexity index is 909.